The SMILES string of the molecule is C1=C(c2ccccn2)NC(c2ccccc2)N=C1c1ccccc1-c1cccc2c1Oc1ccccc1C21c2ccccc2-c2ccccc21. The van der Waals surface area contributed by atoms with Gasteiger partial charge in [0, 0.05) is 28.5 Å². The molecular weight excluding hydrogens is 611 g/mol. The fourth-order valence-corrected chi connectivity index (χ4v) is 8.18. The van der Waals surface area contributed by atoms with E-state index in [9.17, 15) is 0 Å². The summed E-state index contributed by atoms with van der Waals surface area (Å²) in [7, 11) is 0. The maximum atomic E-state index is 7.03. The molecular formula is C46H31N3O. The highest BCUT2D eigenvalue weighted by Crippen LogP contribution is 2.63. The first-order valence-corrected chi connectivity index (χ1v) is 17.0. The highest BCUT2D eigenvalue weighted by molar-refractivity contribution is 6.16. The van der Waals surface area contributed by atoms with Crippen LogP contribution in [0, 0.1) is 0 Å². The summed E-state index contributed by atoms with van der Waals surface area (Å²) in [5.41, 5.74) is 13.7. The van der Waals surface area contributed by atoms with E-state index in [1.165, 1.54) is 22.3 Å². The molecule has 4 heteroatoms. The number of benzene rings is 6. The highest BCUT2D eigenvalue weighted by Gasteiger charge is 2.51. The molecule has 0 bridgehead atoms. The van der Waals surface area contributed by atoms with Crippen LogP contribution in [0.4, 0.5) is 0 Å². The van der Waals surface area contributed by atoms with Crippen LogP contribution in [-0.2, 0) is 5.41 Å². The van der Waals surface area contributed by atoms with Gasteiger partial charge in [0.25, 0.3) is 0 Å². The van der Waals surface area contributed by atoms with Crippen LogP contribution in [0.15, 0.2) is 181 Å². The summed E-state index contributed by atoms with van der Waals surface area (Å²) in [4.78, 5) is 10.0. The van der Waals surface area contributed by atoms with Gasteiger partial charge in [0.05, 0.1) is 22.5 Å². The summed E-state index contributed by atoms with van der Waals surface area (Å²) in [6, 6.07) is 57.8. The summed E-state index contributed by atoms with van der Waals surface area (Å²) in [6.07, 6.45) is 3.68. The summed E-state index contributed by atoms with van der Waals surface area (Å²) in [6.45, 7) is 0. The van der Waals surface area contributed by atoms with Crippen LogP contribution in [0.3, 0.4) is 0 Å². The molecule has 1 N–H and O–H groups in total. The smallest absolute Gasteiger partial charge is 0.145 e. The highest BCUT2D eigenvalue weighted by atomic mass is 16.5. The quantitative estimate of drug-likeness (QED) is 0.208. The molecule has 10 rings (SSSR count). The van der Waals surface area contributed by atoms with E-state index >= 15 is 0 Å². The molecule has 7 aromatic rings. The Labute approximate surface area is 291 Å². The van der Waals surface area contributed by atoms with Crippen molar-refractivity contribution in [3.8, 4) is 33.8 Å². The summed E-state index contributed by atoms with van der Waals surface area (Å²) >= 11 is 0. The van der Waals surface area contributed by atoms with Crippen molar-refractivity contribution in [3.63, 3.8) is 0 Å². The van der Waals surface area contributed by atoms with Gasteiger partial charge in [-0.2, -0.15) is 0 Å². The molecule has 1 spiro atoms. The molecule has 4 nitrogen and oxygen atoms in total. The number of hydrogen-bond acceptors (Lipinski definition) is 4. The first-order valence-electron chi connectivity index (χ1n) is 17.0. The van der Waals surface area contributed by atoms with Crippen LogP contribution in [0.2, 0.25) is 0 Å². The van der Waals surface area contributed by atoms with Crippen LogP contribution >= 0.6 is 0 Å². The van der Waals surface area contributed by atoms with Crippen LogP contribution < -0.4 is 10.1 Å². The average molecular weight is 642 g/mol. The van der Waals surface area contributed by atoms with E-state index in [0.29, 0.717) is 0 Å². The van der Waals surface area contributed by atoms with Crippen molar-refractivity contribution in [1.82, 2.24) is 10.3 Å². The average Bonchev–Trinajstić information content (AvgIpc) is 3.49. The topological polar surface area (TPSA) is 46.5 Å². The summed E-state index contributed by atoms with van der Waals surface area (Å²) < 4.78 is 7.03. The van der Waals surface area contributed by atoms with Gasteiger partial charge in [0.15, 0.2) is 0 Å². The number of fused-ring (bicyclic) bond motifs is 9. The number of nitrogens with zero attached hydrogens (tertiary/aromatic N) is 2. The van der Waals surface area contributed by atoms with Gasteiger partial charge < -0.3 is 10.1 Å². The Morgan fingerprint density at radius 2 is 1.10 bits per heavy atom. The van der Waals surface area contributed by atoms with Gasteiger partial charge >= 0.3 is 0 Å². The predicted octanol–water partition coefficient (Wildman–Crippen LogP) is 10.3. The number of rotatable bonds is 4. The minimum absolute atomic E-state index is 0.274. The fraction of sp³-hybridized carbons (Fsp3) is 0.0435. The zero-order chi connectivity index (χ0) is 33.1. The van der Waals surface area contributed by atoms with Crippen molar-refractivity contribution in [2.24, 2.45) is 4.99 Å². The van der Waals surface area contributed by atoms with Crippen molar-refractivity contribution >= 4 is 11.4 Å². The zero-order valence-electron chi connectivity index (χ0n) is 27.1. The van der Waals surface area contributed by atoms with Crippen molar-refractivity contribution in [3.05, 3.63) is 215 Å². The van der Waals surface area contributed by atoms with Crippen molar-refractivity contribution in [2.75, 3.05) is 0 Å². The van der Waals surface area contributed by atoms with Crippen LogP contribution in [-0.4, -0.2) is 10.7 Å². The molecule has 0 saturated carbocycles. The maximum Gasteiger partial charge on any atom is 0.145 e. The summed E-state index contributed by atoms with van der Waals surface area (Å²) in [5, 5.41) is 3.64. The molecule has 6 aromatic carbocycles. The Morgan fingerprint density at radius 3 is 1.84 bits per heavy atom. The van der Waals surface area contributed by atoms with Gasteiger partial charge in [-0.05, 0) is 57.7 Å². The lowest BCUT2D eigenvalue weighted by Gasteiger charge is -2.40. The lowest BCUT2D eigenvalue weighted by atomic mass is 9.65. The Morgan fingerprint density at radius 1 is 0.500 bits per heavy atom. The van der Waals surface area contributed by atoms with E-state index in [4.69, 9.17) is 9.73 Å². The Balaban J connectivity index is 1.21. The number of aromatic nitrogens is 1. The van der Waals surface area contributed by atoms with Crippen molar-refractivity contribution < 1.29 is 4.74 Å². The number of ether oxygens (including phenoxy) is 1. The zero-order valence-corrected chi connectivity index (χ0v) is 27.1. The lowest BCUT2D eigenvalue weighted by Crippen LogP contribution is -2.32. The lowest BCUT2D eigenvalue weighted by molar-refractivity contribution is 0.438. The van der Waals surface area contributed by atoms with E-state index in [2.05, 4.69) is 156 Å². The molecule has 0 amide bonds. The first kappa shape index (κ1) is 28.5. The molecule has 1 unspecified atom stereocenters. The number of para-hydroxylation sites is 2. The third-order valence-corrected chi connectivity index (χ3v) is 10.3. The molecule has 3 aliphatic rings. The molecule has 1 aliphatic carbocycles. The Hall–Kier alpha value is -6.52. The molecule has 236 valence electrons. The van der Waals surface area contributed by atoms with Gasteiger partial charge in [-0.25, -0.2) is 0 Å². The van der Waals surface area contributed by atoms with E-state index in [1.54, 1.807) is 0 Å². The number of allylic oxidation sites excluding steroid dienone is 1. The van der Waals surface area contributed by atoms with E-state index in [0.717, 1.165) is 62.0 Å². The molecule has 1 atom stereocenters. The number of hydrogen-bond donors (Lipinski definition) is 1. The van der Waals surface area contributed by atoms with Crippen LogP contribution in [0.25, 0.3) is 28.0 Å². The monoisotopic (exact) mass is 641 g/mol. The van der Waals surface area contributed by atoms with Gasteiger partial charge in [0.2, 0.25) is 0 Å². The maximum absolute atomic E-state index is 7.03. The predicted molar refractivity (Wildman–Crippen MR) is 200 cm³/mol. The van der Waals surface area contributed by atoms with Gasteiger partial charge in [-0.3, -0.25) is 9.98 Å². The van der Waals surface area contributed by atoms with Gasteiger partial charge in [-0.15, -0.1) is 0 Å². The largest absolute Gasteiger partial charge is 0.456 e. The number of pyridine rings is 1. The molecule has 2 aliphatic heterocycles. The minimum atomic E-state index is -0.529. The van der Waals surface area contributed by atoms with E-state index in [1.807, 2.05) is 30.5 Å². The molecule has 0 radical (unpaired) electrons. The van der Waals surface area contributed by atoms with Gasteiger partial charge in [-0.1, -0.05) is 146 Å². The number of aliphatic imine (C=N–C) groups is 1. The molecule has 3 heterocycles. The van der Waals surface area contributed by atoms with Crippen molar-refractivity contribution in [2.45, 2.75) is 11.6 Å². The first-order chi connectivity index (χ1) is 24.8. The second-order valence-corrected chi connectivity index (χ2v) is 12.9. The Bertz CT molecular complexity index is 2450. The van der Waals surface area contributed by atoms with Gasteiger partial charge in [0.1, 0.15) is 17.7 Å². The Kier molecular flexibility index (Phi) is 6.43. The molecule has 0 saturated heterocycles. The minimum Gasteiger partial charge on any atom is -0.456 e. The molecule has 1 aromatic heterocycles. The fourth-order valence-electron chi connectivity index (χ4n) is 8.18. The van der Waals surface area contributed by atoms with E-state index in [-0.39, 0.29) is 6.17 Å². The molecule has 0 fully saturated rings. The van der Waals surface area contributed by atoms with Crippen LogP contribution in [0.5, 0.6) is 11.5 Å². The third-order valence-electron chi connectivity index (χ3n) is 10.3. The normalized spacial score (nSPS) is 16.1. The van der Waals surface area contributed by atoms with E-state index < -0.39 is 5.41 Å². The van der Waals surface area contributed by atoms with Crippen molar-refractivity contribution in [1.29, 1.82) is 0 Å². The second-order valence-electron chi connectivity index (χ2n) is 12.9. The van der Waals surface area contributed by atoms with Crippen LogP contribution in [0.1, 0.15) is 45.2 Å². The summed E-state index contributed by atoms with van der Waals surface area (Å²) in [5.74, 6) is 1.74. The second kappa shape index (κ2) is 11.3. The third kappa shape index (κ3) is 4.18. The standard InChI is InChI=1S/C46H31N3O/c1-2-15-30(16-3-1)45-48-41(29-42(49-45)40-26-12-13-28-47-40)34-20-5-4-17-31(34)35-21-14-25-39-44(35)50-43-27-11-10-24-38(43)46(39)36-22-8-6-18-32(36)33-19-7-9-23-37(33)46/h1-29,45,49H. The molecule has 50 heavy (non-hydrogen) atoms. The number of nitrogens with one attached hydrogen (secondary N) is 1.